The second-order valence-corrected chi connectivity index (χ2v) is 4.15. The Morgan fingerprint density at radius 2 is 1.76 bits per heavy atom. The zero-order chi connectivity index (χ0) is 15.6. The zero-order valence-corrected chi connectivity index (χ0v) is 10.9. The lowest BCUT2D eigenvalue weighted by Crippen LogP contribution is -2.14. The Morgan fingerprint density at radius 3 is 2.33 bits per heavy atom. The second-order valence-electron chi connectivity index (χ2n) is 4.15. The number of nitrogens with two attached hydrogens (primary N) is 1. The first-order valence-electron chi connectivity index (χ1n) is 5.81. The molecular weight excluding hydrogens is 285 g/mol. The van der Waals surface area contributed by atoms with Crippen molar-refractivity contribution >= 4 is 17.3 Å². The molecular formula is C14H11F3N2O2. The molecule has 0 unspecified atom stereocenters. The average molecular weight is 296 g/mol. The van der Waals surface area contributed by atoms with Crippen LogP contribution in [0.1, 0.15) is 10.4 Å². The molecule has 110 valence electrons. The summed E-state index contributed by atoms with van der Waals surface area (Å²) in [6.45, 7) is 0. The van der Waals surface area contributed by atoms with Gasteiger partial charge in [0.15, 0.2) is 0 Å². The van der Waals surface area contributed by atoms with Gasteiger partial charge in [-0.1, -0.05) is 0 Å². The van der Waals surface area contributed by atoms with Gasteiger partial charge in [0.1, 0.15) is 28.9 Å². The van der Waals surface area contributed by atoms with Crippen molar-refractivity contribution in [2.75, 3.05) is 18.2 Å². The molecule has 0 saturated heterocycles. The Balaban J connectivity index is 2.30. The molecule has 4 nitrogen and oxygen atoms in total. The van der Waals surface area contributed by atoms with Crippen LogP contribution in [0.2, 0.25) is 0 Å². The molecule has 3 N–H and O–H groups in total. The number of nitrogen functional groups attached to an aromatic ring is 1. The average Bonchev–Trinajstić information content (AvgIpc) is 2.45. The minimum atomic E-state index is -1.04. The number of hydrogen-bond donors (Lipinski definition) is 2. The lowest BCUT2D eigenvalue weighted by atomic mass is 10.1. The van der Waals surface area contributed by atoms with Crippen LogP contribution in [0, 0.1) is 17.5 Å². The maximum absolute atomic E-state index is 13.3. The SMILES string of the molecule is COc1cc(F)ccc1NC(=O)c1cc(F)c(N)c(F)c1. The molecule has 0 spiro atoms. The number of carbonyl (C=O) groups excluding carboxylic acids is 1. The predicted octanol–water partition coefficient (Wildman–Crippen LogP) is 2.95. The van der Waals surface area contributed by atoms with Crippen LogP contribution >= 0.6 is 0 Å². The van der Waals surface area contributed by atoms with E-state index in [0.717, 1.165) is 24.3 Å². The lowest BCUT2D eigenvalue weighted by Gasteiger charge is -2.10. The second kappa shape index (κ2) is 5.74. The van der Waals surface area contributed by atoms with Crippen LogP contribution in [0.4, 0.5) is 24.5 Å². The number of benzene rings is 2. The van der Waals surface area contributed by atoms with Crippen LogP contribution in [-0.2, 0) is 0 Å². The monoisotopic (exact) mass is 296 g/mol. The molecule has 0 heterocycles. The topological polar surface area (TPSA) is 64.3 Å². The Bertz CT molecular complexity index is 682. The van der Waals surface area contributed by atoms with E-state index >= 15 is 0 Å². The highest BCUT2D eigenvalue weighted by atomic mass is 19.1. The molecule has 0 aliphatic rings. The molecule has 2 rings (SSSR count). The maximum atomic E-state index is 13.3. The first-order chi connectivity index (χ1) is 9.92. The summed E-state index contributed by atoms with van der Waals surface area (Å²) in [5.74, 6) is -3.32. The third-order valence-corrected chi connectivity index (χ3v) is 2.75. The first-order valence-corrected chi connectivity index (χ1v) is 5.81. The molecule has 0 radical (unpaired) electrons. The number of nitrogens with one attached hydrogen (secondary N) is 1. The number of amides is 1. The van der Waals surface area contributed by atoms with Gasteiger partial charge in [-0.05, 0) is 24.3 Å². The zero-order valence-electron chi connectivity index (χ0n) is 10.9. The fraction of sp³-hybridized carbons (Fsp3) is 0.0714. The van der Waals surface area contributed by atoms with Gasteiger partial charge in [-0.2, -0.15) is 0 Å². The highest BCUT2D eigenvalue weighted by Gasteiger charge is 2.15. The van der Waals surface area contributed by atoms with Crippen LogP contribution < -0.4 is 15.8 Å². The highest BCUT2D eigenvalue weighted by molar-refractivity contribution is 6.05. The minimum absolute atomic E-state index is 0.0831. The minimum Gasteiger partial charge on any atom is -0.494 e. The summed E-state index contributed by atoms with van der Waals surface area (Å²) >= 11 is 0. The largest absolute Gasteiger partial charge is 0.494 e. The van der Waals surface area contributed by atoms with Crippen LogP contribution in [0.3, 0.4) is 0 Å². The number of halogens is 3. The van der Waals surface area contributed by atoms with Gasteiger partial charge in [0, 0.05) is 11.6 Å². The quantitative estimate of drug-likeness (QED) is 0.856. The number of ether oxygens (including phenoxy) is 1. The third kappa shape index (κ3) is 3.07. The Morgan fingerprint density at radius 1 is 1.14 bits per heavy atom. The van der Waals surface area contributed by atoms with Crippen molar-refractivity contribution in [3.8, 4) is 5.75 Å². The number of methoxy groups -OCH3 is 1. The van der Waals surface area contributed by atoms with Gasteiger partial charge >= 0.3 is 0 Å². The molecule has 0 aromatic heterocycles. The van der Waals surface area contributed by atoms with Gasteiger partial charge in [0.25, 0.3) is 5.91 Å². The number of anilines is 2. The van der Waals surface area contributed by atoms with Crippen molar-refractivity contribution in [1.82, 2.24) is 0 Å². The Kier molecular flexibility index (Phi) is 4.02. The third-order valence-electron chi connectivity index (χ3n) is 2.75. The molecule has 7 heteroatoms. The van der Waals surface area contributed by atoms with E-state index in [4.69, 9.17) is 10.5 Å². The molecule has 0 aliphatic heterocycles. The number of rotatable bonds is 3. The predicted molar refractivity (Wildman–Crippen MR) is 71.7 cm³/mol. The standard InChI is InChI=1S/C14H11F3N2O2/c1-21-12-6-8(15)2-3-11(12)19-14(20)7-4-9(16)13(18)10(17)5-7/h2-6H,18H2,1H3,(H,19,20). The summed E-state index contributed by atoms with van der Waals surface area (Å²) in [5.41, 5.74) is 4.37. The lowest BCUT2D eigenvalue weighted by molar-refractivity contribution is 0.102. The van der Waals surface area contributed by atoms with Crippen LogP contribution in [0.15, 0.2) is 30.3 Å². The van der Waals surface area contributed by atoms with Crippen LogP contribution in [0.25, 0.3) is 0 Å². The molecule has 2 aromatic carbocycles. The fourth-order valence-corrected chi connectivity index (χ4v) is 1.68. The molecule has 0 aliphatic carbocycles. The van der Waals surface area contributed by atoms with Gasteiger partial charge in [-0.3, -0.25) is 4.79 Å². The summed E-state index contributed by atoms with van der Waals surface area (Å²) in [7, 11) is 1.30. The van der Waals surface area contributed by atoms with Crippen molar-refractivity contribution in [1.29, 1.82) is 0 Å². The normalized spacial score (nSPS) is 10.3. The van der Waals surface area contributed by atoms with Gasteiger partial charge in [0.05, 0.1) is 12.8 Å². The summed E-state index contributed by atoms with van der Waals surface area (Å²) in [6, 6.07) is 5.08. The smallest absolute Gasteiger partial charge is 0.255 e. The molecule has 0 saturated carbocycles. The molecule has 2 aromatic rings. The van der Waals surface area contributed by atoms with Crippen molar-refractivity contribution in [2.24, 2.45) is 0 Å². The Hall–Kier alpha value is -2.70. The van der Waals surface area contributed by atoms with Gasteiger partial charge < -0.3 is 15.8 Å². The molecule has 0 fully saturated rings. The number of hydrogen-bond acceptors (Lipinski definition) is 3. The van der Waals surface area contributed by atoms with E-state index in [9.17, 15) is 18.0 Å². The molecule has 1 amide bonds. The summed E-state index contributed by atoms with van der Waals surface area (Å²) in [4.78, 5) is 11.9. The molecule has 0 atom stereocenters. The Labute approximate surface area is 118 Å². The van der Waals surface area contributed by atoms with Gasteiger partial charge in [-0.15, -0.1) is 0 Å². The van der Waals surface area contributed by atoms with E-state index < -0.39 is 29.0 Å². The molecule has 0 bridgehead atoms. The fourth-order valence-electron chi connectivity index (χ4n) is 1.68. The number of carbonyl (C=O) groups is 1. The summed E-state index contributed by atoms with van der Waals surface area (Å²) < 4.78 is 44.6. The first kappa shape index (κ1) is 14.7. The van der Waals surface area contributed by atoms with Crippen molar-refractivity contribution in [3.63, 3.8) is 0 Å². The van der Waals surface area contributed by atoms with E-state index in [0.29, 0.717) is 0 Å². The van der Waals surface area contributed by atoms with Crippen molar-refractivity contribution in [2.45, 2.75) is 0 Å². The summed E-state index contributed by atoms with van der Waals surface area (Å²) in [6.07, 6.45) is 0. The van der Waals surface area contributed by atoms with E-state index in [1.807, 2.05) is 0 Å². The van der Waals surface area contributed by atoms with E-state index in [1.54, 1.807) is 0 Å². The van der Waals surface area contributed by atoms with Crippen LogP contribution in [0.5, 0.6) is 5.75 Å². The maximum Gasteiger partial charge on any atom is 0.255 e. The summed E-state index contributed by atoms with van der Waals surface area (Å²) in [5, 5.41) is 2.37. The van der Waals surface area contributed by atoms with E-state index in [-0.39, 0.29) is 17.0 Å². The van der Waals surface area contributed by atoms with E-state index in [2.05, 4.69) is 5.32 Å². The van der Waals surface area contributed by atoms with Gasteiger partial charge in [-0.25, -0.2) is 13.2 Å². The highest BCUT2D eigenvalue weighted by Crippen LogP contribution is 2.26. The van der Waals surface area contributed by atoms with Gasteiger partial charge in [0.2, 0.25) is 0 Å². The molecule has 21 heavy (non-hydrogen) atoms. The van der Waals surface area contributed by atoms with E-state index in [1.165, 1.54) is 13.2 Å². The van der Waals surface area contributed by atoms with Crippen molar-refractivity contribution < 1.29 is 22.7 Å². The van der Waals surface area contributed by atoms with Crippen LogP contribution in [-0.4, -0.2) is 13.0 Å². The van der Waals surface area contributed by atoms with Crippen molar-refractivity contribution in [3.05, 3.63) is 53.3 Å².